The minimum Gasteiger partial charge on any atom is -0.310 e. The van der Waals surface area contributed by atoms with E-state index in [9.17, 15) is 0 Å². The predicted octanol–water partition coefficient (Wildman–Crippen LogP) is 16.5. The topological polar surface area (TPSA) is 3.24 Å². The van der Waals surface area contributed by atoms with Crippen LogP contribution in [0.3, 0.4) is 0 Å². The highest BCUT2D eigenvalue weighted by atomic mass is 32.1. The largest absolute Gasteiger partial charge is 0.310 e. The van der Waals surface area contributed by atoms with Crippen LogP contribution in [0.25, 0.3) is 75.8 Å². The van der Waals surface area contributed by atoms with E-state index in [4.69, 9.17) is 0 Å². The Balaban J connectivity index is 1.18. The predicted molar refractivity (Wildman–Crippen MR) is 253 cm³/mol. The van der Waals surface area contributed by atoms with Gasteiger partial charge in [-0.25, -0.2) is 0 Å². The average Bonchev–Trinajstić information content (AvgIpc) is 3.79. The summed E-state index contributed by atoms with van der Waals surface area (Å²) in [6, 6.07) is 78.2. The first kappa shape index (κ1) is 35.2. The normalized spacial score (nSPS) is 12.7. The van der Waals surface area contributed by atoms with E-state index in [0.717, 1.165) is 17.1 Å². The minimum absolute atomic E-state index is 0.138. The van der Waals surface area contributed by atoms with Crippen molar-refractivity contribution in [2.45, 2.75) is 19.3 Å². The van der Waals surface area contributed by atoms with Crippen LogP contribution in [-0.2, 0) is 5.41 Å². The summed E-state index contributed by atoms with van der Waals surface area (Å²) < 4.78 is 2.59. The van der Waals surface area contributed by atoms with Crippen LogP contribution in [0.1, 0.15) is 25.0 Å². The van der Waals surface area contributed by atoms with Crippen molar-refractivity contribution in [3.8, 4) is 55.6 Å². The molecule has 280 valence electrons. The first-order valence-electron chi connectivity index (χ1n) is 20.4. The van der Waals surface area contributed by atoms with E-state index in [-0.39, 0.29) is 5.41 Å². The van der Waals surface area contributed by atoms with Gasteiger partial charge in [0.2, 0.25) is 0 Å². The number of nitrogens with zero attached hydrogens (tertiary/aromatic N) is 1. The highest BCUT2D eigenvalue weighted by Crippen LogP contribution is 2.53. The van der Waals surface area contributed by atoms with Crippen LogP contribution < -0.4 is 4.90 Å². The summed E-state index contributed by atoms with van der Waals surface area (Å²) in [5.74, 6) is 0. The van der Waals surface area contributed by atoms with E-state index in [2.05, 4.69) is 231 Å². The van der Waals surface area contributed by atoms with Crippen LogP contribution in [0.15, 0.2) is 212 Å². The first-order valence-corrected chi connectivity index (χ1v) is 21.2. The second-order valence-electron chi connectivity index (χ2n) is 16.1. The third kappa shape index (κ3) is 5.91. The standard InChI is InChI=1S/C57H41NS/c1-57(2)50-28-12-9-25-45(50)46-32-31-44(37-51(46)57)58(43-24-16-22-41(36-43)39-19-7-4-8-20-39)52-29-13-10-26-47(52)48-33-34-54-56(49-27-11-14-30-53(49)59-54)55(48)42-23-15-21-40(35-42)38-17-5-3-6-18-38/h3-37H,1-2H3. The highest BCUT2D eigenvalue weighted by molar-refractivity contribution is 7.26. The van der Waals surface area contributed by atoms with Gasteiger partial charge in [-0.1, -0.05) is 178 Å². The molecule has 0 bridgehead atoms. The van der Waals surface area contributed by atoms with Crippen molar-refractivity contribution < 1.29 is 0 Å². The maximum Gasteiger partial charge on any atom is 0.0540 e. The van der Waals surface area contributed by atoms with E-state index in [1.54, 1.807) is 0 Å². The van der Waals surface area contributed by atoms with Gasteiger partial charge in [0.05, 0.1) is 5.69 Å². The zero-order valence-corrected chi connectivity index (χ0v) is 33.9. The summed E-state index contributed by atoms with van der Waals surface area (Å²) in [6.45, 7) is 4.73. The second kappa shape index (κ2) is 14.1. The Morgan fingerprint density at radius 1 is 0.373 bits per heavy atom. The van der Waals surface area contributed by atoms with Gasteiger partial charge in [-0.3, -0.25) is 0 Å². The number of rotatable bonds is 7. The number of para-hydroxylation sites is 1. The summed E-state index contributed by atoms with van der Waals surface area (Å²) in [5.41, 5.74) is 18.3. The third-order valence-electron chi connectivity index (χ3n) is 12.3. The monoisotopic (exact) mass is 771 g/mol. The molecule has 0 radical (unpaired) electrons. The Labute approximate surface area is 350 Å². The average molecular weight is 772 g/mol. The lowest BCUT2D eigenvalue weighted by Gasteiger charge is -2.30. The molecule has 1 aromatic heterocycles. The van der Waals surface area contributed by atoms with Gasteiger partial charge in [0.15, 0.2) is 0 Å². The van der Waals surface area contributed by atoms with Crippen molar-refractivity contribution in [2.75, 3.05) is 4.90 Å². The Bertz CT molecular complexity index is 3190. The van der Waals surface area contributed by atoms with Crippen molar-refractivity contribution in [1.82, 2.24) is 0 Å². The smallest absolute Gasteiger partial charge is 0.0540 e. The van der Waals surface area contributed by atoms with Crippen LogP contribution in [-0.4, -0.2) is 0 Å². The summed E-state index contributed by atoms with van der Waals surface area (Å²) in [7, 11) is 0. The quantitative estimate of drug-likeness (QED) is 0.156. The lowest BCUT2D eigenvalue weighted by Crippen LogP contribution is -2.17. The zero-order chi connectivity index (χ0) is 39.5. The Morgan fingerprint density at radius 2 is 0.949 bits per heavy atom. The SMILES string of the molecule is CC1(C)c2ccccc2-c2ccc(N(c3cccc(-c4ccccc4)c3)c3ccccc3-c3ccc4sc5ccccc5c4c3-c3cccc(-c4ccccc4)c3)cc21. The summed E-state index contributed by atoms with van der Waals surface area (Å²) in [4.78, 5) is 2.49. The molecule has 0 N–H and O–H groups in total. The van der Waals surface area contributed by atoms with Crippen molar-refractivity contribution in [3.63, 3.8) is 0 Å². The Kier molecular flexibility index (Phi) is 8.43. The molecule has 0 aliphatic heterocycles. The fourth-order valence-corrected chi connectivity index (χ4v) is 10.5. The third-order valence-corrected chi connectivity index (χ3v) is 13.4. The molecule has 0 saturated heterocycles. The van der Waals surface area contributed by atoms with Crippen LogP contribution in [0, 0.1) is 0 Å². The fraction of sp³-hybridized carbons (Fsp3) is 0.0526. The molecule has 0 spiro atoms. The molecular formula is C57H41NS. The molecule has 1 aliphatic rings. The van der Waals surface area contributed by atoms with Gasteiger partial charge < -0.3 is 4.90 Å². The number of fused-ring (bicyclic) bond motifs is 6. The molecule has 0 fully saturated rings. The van der Waals surface area contributed by atoms with Crippen molar-refractivity contribution in [3.05, 3.63) is 223 Å². The number of anilines is 3. The van der Waals surface area contributed by atoms with Gasteiger partial charge in [-0.2, -0.15) is 0 Å². The van der Waals surface area contributed by atoms with Gasteiger partial charge in [0, 0.05) is 42.5 Å². The summed E-state index contributed by atoms with van der Waals surface area (Å²) >= 11 is 1.87. The highest BCUT2D eigenvalue weighted by Gasteiger charge is 2.36. The van der Waals surface area contributed by atoms with Crippen LogP contribution in [0.5, 0.6) is 0 Å². The number of thiophene rings is 1. The van der Waals surface area contributed by atoms with Gasteiger partial charge in [0.25, 0.3) is 0 Å². The molecule has 0 amide bonds. The van der Waals surface area contributed by atoms with E-state index in [0.29, 0.717) is 0 Å². The molecule has 59 heavy (non-hydrogen) atoms. The molecule has 1 aliphatic carbocycles. The van der Waals surface area contributed by atoms with Gasteiger partial charge in [-0.15, -0.1) is 11.3 Å². The lowest BCUT2D eigenvalue weighted by molar-refractivity contribution is 0.660. The summed E-state index contributed by atoms with van der Waals surface area (Å²) in [5, 5.41) is 2.59. The summed E-state index contributed by atoms with van der Waals surface area (Å²) in [6.07, 6.45) is 0. The molecule has 10 aromatic rings. The molecule has 1 heterocycles. The Hall–Kier alpha value is -7.00. The van der Waals surface area contributed by atoms with Crippen LogP contribution in [0.4, 0.5) is 17.1 Å². The number of hydrogen-bond donors (Lipinski definition) is 0. The number of benzene rings is 9. The molecule has 9 aromatic carbocycles. The maximum absolute atomic E-state index is 2.49. The molecular weight excluding hydrogens is 731 g/mol. The fourth-order valence-electron chi connectivity index (χ4n) is 9.44. The molecule has 0 unspecified atom stereocenters. The van der Waals surface area contributed by atoms with E-state index >= 15 is 0 Å². The van der Waals surface area contributed by atoms with E-state index in [1.165, 1.54) is 86.9 Å². The Morgan fingerprint density at radius 3 is 1.75 bits per heavy atom. The lowest BCUT2D eigenvalue weighted by atomic mass is 9.82. The molecule has 11 rings (SSSR count). The molecule has 2 heteroatoms. The second-order valence-corrected chi connectivity index (χ2v) is 17.2. The molecule has 0 saturated carbocycles. The van der Waals surface area contributed by atoms with E-state index in [1.807, 2.05) is 11.3 Å². The molecule has 0 atom stereocenters. The number of hydrogen-bond acceptors (Lipinski definition) is 2. The van der Waals surface area contributed by atoms with E-state index < -0.39 is 0 Å². The first-order chi connectivity index (χ1) is 29.0. The minimum atomic E-state index is -0.138. The maximum atomic E-state index is 2.49. The van der Waals surface area contributed by atoms with Gasteiger partial charge >= 0.3 is 0 Å². The van der Waals surface area contributed by atoms with Crippen molar-refractivity contribution in [1.29, 1.82) is 0 Å². The van der Waals surface area contributed by atoms with Gasteiger partial charge in [-0.05, 0) is 110 Å². The van der Waals surface area contributed by atoms with Crippen LogP contribution in [0.2, 0.25) is 0 Å². The molecule has 1 nitrogen and oxygen atoms in total. The van der Waals surface area contributed by atoms with Crippen molar-refractivity contribution in [2.24, 2.45) is 0 Å². The zero-order valence-electron chi connectivity index (χ0n) is 33.1. The van der Waals surface area contributed by atoms with Crippen LogP contribution >= 0.6 is 11.3 Å². The van der Waals surface area contributed by atoms with Crippen molar-refractivity contribution >= 4 is 48.6 Å². The van der Waals surface area contributed by atoms with Gasteiger partial charge in [0.1, 0.15) is 0 Å².